The molecule has 0 aliphatic rings. The van der Waals surface area contributed by atoms with E-state index >= 15 is 0 Å². The minimum atomic E-state index is -1.82. The summed E-state index contributed by atoms with van der Waals surface area (Å²) in [5.41, 5.74) is 1.86. The zero-order valence-corrected chi connectivity index (χ0v) is 22.3. The van der Waals surface area contributed by atoms with E-state index in [-0.39, 0.29) is 17.8 Å². The molecule has 10 nitrogen and oxygen atoms in total. The third-order valence-electron chi connectivity index (χ3n) is 5.53. The zero-order chi connectivity index (χ0) is 30.2. The molecule has 0 radical (unpaired) electrons. The third kappa shape index (κ3) is 9.00. The molecular formula is C26H31F4N3O7. The average molecular weight is 574 g/mol. The topological polar surface area (TPSA) is 149 Å². The monoisotopic (exact) mass is 573 g/mol. The Labute approximate surface area is 227 Å². The highest BCUT2D eigenvalue weighted by molar-refractivity contribution is 5.86. The molecule has 0 spiro atoms. The first-order valence-electron chi connectivity index (χ1n) is 12.1. The maximum atomic E-state index is 13.9. The zero-order valence-electron chi connectivity index (χ0n) is 22.3. The van der Waals surface area contributed by atoms with Crippen LogP contribution < -0.4 is 16.4 Å². The summed E-state index contributed by atoms with van der Waals surface area (Å²) in [6.07, 6.45) is -3.66. The number of benzene rings is 2. The van der Waals surface area contributed by atoms with Gasteiger partial charge in [0, 0.05) is 24.4 Å². The summed E-state index contributed by atoms with van der Waals surface area (Å²) in [7, 11) is 0. The van der Waals surface area contributed by atoms with E-state index < -0.39 is 71.0 Å². The lowest BCUT2D eigenvalue weighted by atomic mass is 10.1. The molecule has 1 atom stereocenters. The smallest absolute Gasteiger partial charge is 0.450 e. The Bertz CT molecular complexity index is 1190. The van der Waals surface area contributed by atoms with Gasteiger partial charge in [-0.2, -0.15) is 0 Å². The number of nitrogen functional groups attached to an aromatic ring is 1. The molecule has 0 aromatic heterocycles. The Morgan fingerprint density at radius 3 is 2.10 bits per heavy atom. The normalized spacial score (nSPS) is 12.1. The Kier molecular flexibility index (Phi) is 11.1. The number of carbonyl (C=O) groups is 3. The van der Waals surface area contributed by atoms with Crippen molar-refractivity contribution in [3.63, 3.8) is 0 Å². The minimum Gasteiger partial charge on any atom is -0.450 e. The molecule has 0 aliphatic heterocycles. The van der Waals surface area contributed by atoms with Crippen LogP contribution in [0.4, 0.5) is 38.5 Å². The molecule has 0 saturated carbocycles. The molecule has 0 bridgehead atoms. The van der Waals surface area contributed by atoms with Crippen LogP contribution in [0.25, 0.3) is 0 Å². The summed E-state index contributed by atoms with van der Waals surface area (Å²) in [6, 6.07) is 5.11. The maximum absolute atomic E-state index is 13.9. The first-order chi connectivity index (χ1) is 18.6. The quantitative estimate of drug-likeness (QED) is 0.116. The Hall–Kier alpha value is -4.07. The SMILES string of the molecule is CC(C)CCOC(C)(C)CNC(=O)C(OC(=O)O)c1ccc(NC(=O)OCc2c(F)c(F)c(N)c(F)c2F)cc1. The predicted octanol–water partition coefficient (Wildman–Crippen LogP) is 5.27. The van der Waals surface area contributed by atoms with Gasteiger partial charge in [-0.25, -0.2) is 27.2 Å². The van der Waals surface area contributed by atoms with Gasteiger partial charge in [-0.1, -0.05) is 26.0 Å². The molecule has 2 amide bonds. The number of ether oxygens (including phenoxy) is 3. The van der Waals surface area contributed by atoms with Crippen LogP contribution in [-0.2, 0) is 25.6 Å². The van der Waals surface area contributed by atoms with E-state index in [4.69, 9.17) is 20.3 Å². The summed E-state index contributed by atoms with van der Waals surface area (Å²) in [4.78, 5) is 36.0. The van der Waals surface area contributed by atoms with Crippen molar-refractivity contribution in [2.75, 3.05) is 24.2 Å². The van der Waals surface area contributed by atoms with Gasteiger partial charge in [0.05, 0.1) is 11.2 Å². The van der Waals surface area contributed by atoms with Gasteiger partial charge < -0.3 is 30.4 Å². The molecule has 40 heavy (non-hydrogen) atoms. The van der Waals surface area contributed by atoms with Crippen molar-refractivity contribution in [3.05, 3.63) is 58.7 Å². The number of halogens is 4. The number of nitrogens with one attached hydrogen (secondary N) is 2. The van der Waals surface area contributed by atoms with E-state index in [1.807, 2.05) is 13.8 Å². The Morgan fingerprint density at radius 2 is 1.57 bits per heavy atom. The van der Waals surface area contributed by atoms with E-state index in [9.17, 15) is 31.9 Å². The van der Waals surface area contributed by atoms with Gasteiger partial charge in [0.25, 0.3) is 5.91 Å². The number of carbonyl (C=O) groups excluding carboxylic acids is 2. The number of nitrogens with two attached hydrogens (primary N) is 1. The van der Waals surface area contributed by atoms with Crippen LogP contribution in [0.5, 0.6) is 0 Å². The van der Waals surface area contributed by atoms with Gasteiger partial charge in [-0.05, 0) is 38.3 Å². The summed E-state index contributed by atoms with van der Waals surface area (Å²) >= 11 is 0. The molecule has 0 heterocycles. The number of anilines is 2. The predicted molar refractivity (Wildman–Crippen MR) is 135 cm³/mol. The number of carboxylic acid groups (broad SMARTS) is 1. The van der Waals surface area contributed by atoms with Crippen LogP contribution in [0, 0.1) is 29.2 Å². The fourth-order valence-corrected chi connectivity index (χ4v) is 3.24. The molecule has 0 fully saturated rings. The van der Waals surface area contributed by atoms with Crippen molar-refractivity contribution in [1.82, 2.24) is 5.32 Å². The summed E-state index contributed by atoms with van der Waals surface area (Å²) < 4.78 is 70.1. The minimum absolute atomic E-state index is 0.0673. The lowest BCUT2D eigenvalue weighted by molar-refractivity contribution is -0.132. The van der Waals surface area contributed by atoms with Crippen molar-refractivity contribution in [1.29, 1.82) is 0 Å². The lowest BCUT2D eigenvalue weighted by Crippen LogP contribution is -2.43. The van der Waals surface area contributed by atoms with Crippen molar-refractivity contribution < 1.29 is 51.3 Å². The number of rotatable bonds is 12. The first-order valence-corrected chi connectivity index (χ1v) is 12.1. The molecule has 1 unspecified atom stereocenters. The van der Waals surface area contributed by atoms with E-state index in [1.165, 1.54) is 24.3 Å². The highest BCUT2D eigenvalue weighted by Crippen LogP contribution is 2.27. The Morgan fingerprint density at radius 1 is 1.00 bits per heavy atom. The maximum Gasteiger partial charge on any atom is 0.506 e. The van der Waals surface area contributed by atoms with Crippen LogP contribution in [0.1, 0.15) is 51.3 Å². The first kappa shape index (κ1) is 32.1. The van der Waals surface area contributed by atoms with Gasteiger partial charge in [0.1, 0.15) is 12.3 Å². The van der Waals surface area contributed by atoms with Crippen molar-refractivity contribution in [3.8, 4) is 0 Å². The van der Waals surface area contributed by atoms with Crippen LogP contribution in [0.3, 0.4) is 0 Å². The van der Waals surface area contributed by atoms with Gasteiger partial charge in [-0.3, -0.25) is 10.1 Å². The number of amides is 2. The summed E-state index contributed by atoms with van der Waals surface area (Å²) in [5.74, 6) is -7.57. The van der Waals surface area contributed by atoms with Gasteiger partial charge >= 0.3 is 12.2 Å². The molecule has 0 saturated heterocycles. The van der Waals surface area contributed by atoms with Crippen molar-refractivity contribution in [2.24, 2.45) is 5.92 Å². The second-order valence-electron chi connectivity index (χ2n) is 9.74. The third-order valence-corrected chi connectivity index (χ3v) is 5.53. The molecule has 2 aromatic rings. The summed E-state index contributed by atoms with van der Waals surface area (Å²) in [5, 5.41) is 13.9. The summed E-state index contributed by atoms with van der Waals surface area (Å²) in [6.45, 7) is 7.02. The number of hydrogen-bond donors (Lipinski definition) is 4. The van der Waals surface area contributed by atoms with Crippen molar-refractivity contribution >= 4 is 29.5 Å². The highest BCUT2D eigenvalue weighted by atomic mass is 19.2. The molecular weight excluding hydrogens is 542 g/mol. The van der Waals surface area contributed by atoms with E-state index in [0.717, 1.165) is 6.42 Å². The van der Waals surface area contributed by atoms with Crippen LogP contribution in [0.2, 0.25) is 0 Å². The van der Waals surface area contributed by atoms with E-state index in [2.05, 4.69) is 15.4 Å². The second-order valence-corrected chi connectivity index (χ2v) is 9.74. The second kappa shape index (κ2) is 13.8. The standard InChI is InChI=1S/C26H31F4N3O7/c1-13(2)9-10-39-26(3,4)12-32-23(34)22(40-25(36)37)14-5-7-15(8-6-14)33-24(35)38-11-16-17(27)19(29)21(31)20(30)18(16)28/h5-8,13,22H,9-12,31H2,1-4H3,(H,32,34)(H,33,35)(H,36,37). The molecule has 5 N–H and O–H groups in total. The van der Waals surface area contributed by atoms with Crippen LogP contribution in [-0.4, -0.2) is 42.0 Å². The van der Waals surface area contributed by atoms with Gasteiger partial charge in [-0.15, -0.1) is 0 Å². The lowest BCUT2D eigenvalue weighted by Gasteiger charge is -2.27. The molecule has 2 rings (SSSR count). The fraction of sp³-hybridized carbons (Fsp3) is 0.423. The Balaban J connectivity index is 2.03. The van der Waals surface area contributed by atoms with Crippen LogP contribution in [0.15, 0.2) is 24.3 Å². The van der Waals surface area contributed by atoms with E-state index in [1.54, 1.807) is 13.8 Å². The highest BCUT2D eigenvalue weighted by Gasteiger charge is 2.28. The molecule has 0 aliphatic carbocycles. The average Bonchev–Trinajstić information content (AvgIpc) is 2.88. The molecule has 2 aromatic carbocycles. The largest absolute Gasteiger partial charge is 0.506 e. The number of hydrogen-bond acceptors (Lipinski definition) is 7. The van der Waals surface area contributed by atoms with E-state index in [0.29, 0.717) is 12.5 Å². The van der Waals surface area contributed by atoms with Crippen molar-refractivity contribution in [2.45, 2.75) is 52.4 Å². The van der Waals surface area contributed by atoms with Gasteiger partial charge in [0.15, 0.2) is 23.3 Å². The molecule has 14 heteroatoms. The molecule has 220 valence electrons. The van der Waals surface area contributed by atoms with Gasteiger partial charge in [0.2, 0.25) is 6.10 Å². The van der Waals surface area contributed by atoms with Crippen LogP contribution >= 0.6 is 0 Å². The fourth-order valence-electron chi connectivity index (χ4n) is 3.24.